The van der Waals surface area contributed by atoms with Gasteiger partial charge in [-0.2, -0.15) is 0 Å². The highest BCUT2D eigenvalue weighted by molar-refractivity contribution is 7.15. The van der Waals surface area contributed by atoms with E-state index in [0.717, 1.165) is 47.1 Å². The van der Waals surface area contributed by atoms with Crippen molar-refractivity contribution in [3.8, 4) is 10.6 Å². The summed E-state index contributed by atoms with van der Waals surface area (Å²) in [5.74, 6) is 0.314. The molecule has 1 amide bonds. The van der Waals surface area contributed by atoms with E-state index in [4.69, 9.17) is 0 Å². The first-order chi connectivity index (χ1) is 11.1. The van der Waals surface area contributed by atoms with Crippen LogP contribution in [-0.2, 0) is 4.79 Å². The van der Waals surface area contributed by atoms with Crippen LogP contribution in [0.25, 0.3) is 10.6 Å². The molecule has 2 aromatic rings. The lowest BCUT2D eigenvalue weighted by atomic mass is 9.97. The van der Waals surface area contributed by atoms with Gasteiger partial charge in [-0.3, -0.25) is 4.79 Å². The molecule has 122 valence electrons. The molecule has 1 fully saturated rings. The molecule has 1 aromatic carbocycles. The van der Waals surface area contributed by atoms with Gasteiger partial charge in [0.1, 0.15) is 5.01 Å². The van der Waals surface area contributed by atoms with Gasteiger partial charge < -0.3 is 10.6 Å². The molecule has 1 aliphatic heterocycles. The van der Waals surface area contributed by atoms with Gasteiger partial charge in [0, 0.05) is 11.5 Å². The molecular formula is C18H23N3OS. The van der Waals surface area contributed by atoms with Crippen molar-refractivity contribution in [1.29, 1.82) is 0 Å². The molecule has 23 heavy (non-hydrogen) atoms. The van der Waals surface area contributed by atoms with E-state index in [-0.39, 0.29) is 17.9 Å². The molecule has 1 atom stereocenters. The lowest BCUT2D eigenvalue weighted by molar-refractivity contribution is -0.126. The van der Waals surface area contributed by atoms with Gasteiger partial charge in [-0.1, -0.05) is 30.3 Å². The Kier molecular flexibility index (Phi) is 5.08. The van der Waals surface area contributed by atoms with Crippen molar-refractivity contribution in [2.45, 2.75) is 32.7 Å². The summed E-state index contributed by atoms with van der Waals surface area (Å²) < 4.78 is 0. The number of aryl methyl sites for hydroxylation is 1. The number of benzene rings is 1. The molecule has 1 unspecified atom stereocenters. The van der Waals surface area contributed by atoms with Crippen LogP contribution in [0.15, 0.2) is 30.3 Å². The van der Waals surface area contributed by atoms with Crippen molar-refractivity contribution in [3.05, 3.63) is 40.9 Å². The first kappa shape index (κ1) is 16.1. The maximum absolute atomic E-state index is 12.4. The number of piperidine rings is 1. The normalized spacial score (nSPS) is 17.0. The fourth-order valence-electron chi connectivity index (χ4n) is 3.00. The highest BCUT2D eigenvalue weighted by atomic mass is 32.1. The summed E-state index contributed by atoms with van der Waals surface area (Å²) in [6, 6.07) is 10.2. The molecule has 0 saturated carbocycles. The Hall–Kier alpha value is -1.72. The minimum absolute atomic E-state index is 0.00680. The monoisotopic (exact) mass is 329 g/mol. The Morgan fingerprint density at radius 3 is 2.70 bits per heavy atom. The van der Waals surface area contributed by atoms with E-state index in [9.17, 15) is 4.79 Å². The number of hydrogen-bond donors (Lipinski definition) is 2. The predicted octanol–water partition coefficient (Wildman–Crippen LogP) is 3.30. The maximum atomic E-state index is 12.4. The molecule has 1 aromatic heterocycles. The van der Waals surface area contributed by atoms with Gasteiger partial charge in [0.2, 0.25) is 5.91 Å². The zero-order valence-corrected chi connectivity index (χ0v) is 14.5. The number of nitrogens with one attached hydrogen (secondary N) is 2. The molecule has 2 N–H and O–H groups in total. The predicted molar refractivity (Wildman–Crippen MR) is 94.4 cm³/mol. The largest absolute Gasteiger partial charge is 0.348 e. The van der Waals surface area contributed by atoms with Crippen molar-refractivity contribution in [2.75, 3.05) is 13.1 Å². The van der Waals surface area contributed by atoms with E-state index in [1.165, 1.54) is 0 Å². The number of aromatic nitrogens is 1. The van der Waals surface area contributed by atoms with Crippen LogP contribution in [0.1, 0.15) is 36.4 Å². The van der Waals surface area contributed by atoms with E-state index in [2.05, 4.69) is 27.8 Å². The van der Waals surface area contributed by atoms with Crippen molar-refractivity contribution in [1.82, 2.24) is 15.6 Å². The van der Waals surface area contributed by atoms with Crippen LogP contribution in [0.2, 0.25) is 0 Å². The van der Waals surface area contributed by atoms with Gasteiger partial charge in [0.15, 0.2) is 0 Å². The second kappa shape index (κ2) is 7.23. The van der Waals surface area contributed by atoms with Crippen LogP contribution in [0.4, 0.5) is 0 Å². The molecule has 4 nitrogen and oxygen atoms in total. The zero-order chi connectivity index (χ0) is 16.2. The first-order valence-electron chi connectivity index (χ1n) is 8.19. The molecule has 5 heteroatoms. The number of carbonyl (C=O) groups excluding carboxylic acids is 1. The smallest absolute Gasteiger partial charge is 0.223 e. The molecule has 0 radical (unpaired) electrons. The summed E-state index contributed by atoms with van der Waals surface area (Å²) in [6.07, 6.45) is 1.85. The average Bonchev–Trinajstić information content (AvgIpc) is 2.98. The van der Waals surface area contributed by atoms with Crippen molar-refractivity contribution in [3.63, 3.8) is 0 Å². The van der Waals surface area contributed by atoms with E-state index in [1.54, 1.807) is 11.3 Å². The minimum Gasteiger partial charge on any atom is -0.348 e. The van der Waals surface area contributed by atoms with Gasteiger partial charge in [-0.05, 0) is 39.8 Å². The van der Waals surface area contributed by atoms with Gasteiger partial charge in [0.25, 0.3) is 0 Å². The minimum atomic E-state index is 0.00680. The second-order valence-corrected chi connectivity index (χ2v) is 7.12. The number of hydrogen-bond acceptors (Lipinski definition) is 4. The van der Waals surface area contributed by atoms with Gasteiger partial charge in [-0.15, -0.1) is 11.3 Å². The summed E-state index contributed by atoms with van der Waals surface area (Å²) in [5, 5.41) is 7.49. The van der Waals surface area contributed by atoms with Crippen LogP contribution in [0, 0.1) is 12.8 Å². The lowest BCUT2D eigenvalue weighted by Gasteiger charge is -2.23. The van der Waals surface area contributed by atoms with Gasteiger partial charge in [0.05, 0.1) is 16.6 Å². The van der Waals surface area contributed by atoms with Crippen LogP contribution >= 0.6 is 11.3 Å². The molecule has 1 aliphatic rings. The molecule has 0 aliphatic carbocycles. The molecule has 2 heterocycles. The molecule has 3 rings (SSSR count). The van der Waals surface area contributed by atoms with Crippen molar-refractivity contribution >= 4 is 17.2 Å². The zero-order valence-electron chi connectivity index (χ0n) is 13.6. The number of thiazole rings is 1. The molecule has 0 bridgehead atoms. The third-order valence-electron chi connectivity index (χ3n) is 4.32. The van der Waals surface area contributed by atoms with Gasteiger partial charge in [-0.25, -0.2) is 4.98 Å². The Morgan fingerprint density at radius 1 is 1.30 bits per heavy atom. The number of rotatable bonds is 4. The highest BCUT2D eigenvalue weighted by Gasteiger charge is 2.24. The van der Waals surface area contributed by atoms with Crippen molar-refractivity contribution in [2.24, 2.45) is 5.92 Å². The number of carbonyl (C=O) groups is 1. The topological polar surface area (TPSA) is 54.0 Å². The third-order valence-corrected chi connectivity index (χ3v) is 5.70. The second-order valence-electron chi connectivity index (χ2n) is 6.09. The van der Waals surface area contributed by atoms with E-state index in [1.807, 2.05) is 32.0 Å². The molecule has 0 spiro atoms. The summed E-state index contributed by atoms with van der Waals surface area (Å²) in [7, 11) is 0. The number of amides is 1. The summed E-state index contributed by atoms with van der Waals surface area (Å²) >= 11 is 1.67. The Morgan fingerprint density at radius 2 is 2.00 bits per heavy atom. The molecule has 1 saturated heterocycles. The third kappa shape index (κ3) is 3.79. The standard InChI is InChI=1S/C18H23N3OS/c1-12(20-17(22)14-8-10-19-11-9-14)16-13(2)21-18(23-16)15-6-4-3-5-7-15/h3-7,12,14,19H,8-11H2,1-2H3,(H,20,22). The Bertz CT molecular complexity index is 662. The lowest BCUT2D eigenvalue weighted by Crippen LogP contribution is -2.39. The van der Waals surface area contributed by atoms with E-state index >= 15 is 0 Å². The van der Waals surface area contributed by atoms with Gasteiger partial charge >= 0.3 is 0 Å². The SMILES string of the molecule is Cc1nc(-c2ccccc2)sc1C(C)NC(=O)C1CCNCC1. The summed E-state index contributed by atoms with van der Waals surface area (Å²) in [6.45, 7) is 5.94. The average molecular weight is 329 g/mol. The Balaban J connectivity index is 1.71. The van der Waals surface area contributed by atoms with Crippen molar-refractivity contribution < 1.29 is 4.79 Å². The quantitative estimate of drug-likeness (QED) is 0.905. The van der Waals surface area contributed by atoms with E-state index < -0.39 is 0 Å². The maximum Gasteiger partial charge on any atom is 0.223 e. The van der Waals surface area contributed by atoms with Crippen LogP contribution < -0.4 is 10.6 Å². The van der Waals surface area contributed by atoms with Crippen LogP contribution in [0.3, 0.4) is 0 Å². The Labute approximate surface area is 141 Å². The summed E-state index contributed by atoms with van der Waals surface area (Å²) in [5.41, 5.74) is 2.13. The number of nitrogens with zero attached hydrogens (tertiary/aromatic N) is 1. The van der Waals surface area contributed by atoms with E-state index in [0.29, 0.717) is 0 Å². The van der Waals surface area contributed by atoms with Crippen LogP contribution in [-0.4, -0.2) is 24.0 Å². The van der Waals surface area contributed by atoms with Crippen LogP contribution in [0.5, 0.6) is 0 Å². The first-order valence-corrected chi connectivity index (χ1v) is 9.00. The highest BCUT2D eigenvalue weighted by Crippen LogP contribution is 2.31. The fraction of sp³-hybridized carbons (Fsp3) is 0.444. The summed E-state index contributed by atoms with van der Waals surface area (Å²) in [4.78, 5) is 18.2. The molecular weight excluding hydrogens is 306 g/mol. The fourth-order valence-corrected chi connectivity index (χ4v) is 4.07.